The van der Waals surface area contributed by atoms with Crippen LogP contribution in [0.3, 0.4) is 0 Å². The number of nitrogens with zero attached hydrogens (tertiary/aromatic N) is 12. The van der Waals surface area contributed by atoms with E-state index in [0.29, 0.717) is 59.9 Å². The van der Waals surface area contributed by atoms with Gasteiger partial charge in [0.25, 0.3) is 0 Å². The van der Waals surface area contributed by atoms with E-state index in [1.54, 1.807) is 77.8 Å². The van der Waals surface area contributed by atoms with Crippen molar-refractivity contribution in [3.8, 4) is 0 Å². The molecular formula is C71H104F3N15O29P2. The third-order valence-corrected chi connectivity index (χ3v) is 22.8. The molecule has 2 saturated carbocycles. The van der Waals surface area contributed by atoms with Crippen LogP contribution in [-0.4, -0.2) is 260 Å². The standard InChI is InChI=1S/C29H43FN5O13P.C23H35FN5O12P.C19H26FN5O4/c1-7-31-21-20-22(33-14-32-21)35(15-34-20)24-27(6)23(46-29(48-27)10-8-9-11-29)28(12-30,47-24)13-41-49(38,42-16-39-25(36)44-18(2)3)43-17-40-26(37)45-19(4)5;1-13(2)6-15(30)35-11-38-42(34,39-12-36-21(32)40-14(3)4)37-8-23(7-24)19(31)22(5,33)20(41-23)29-10-28-16-17(25)26-9-27-18(16)29;1-3-21-13-12-14(23-10-22-13)25(11-24-12)16-17(2)15(18(8-20,9-26)28-16)27-19(29-17)6-4-5-7-19/h14-15,18-19,23-24H,7-13,16-17H2,1-6H3,(H,31,32,33);9-10,13-14,19-20,31,33H,6-8,11-12H2,1-5H3,(H2,25,26,27);10-11,15-16,26H,3-9H2,1-2H3,(H,21,22,23)/t23-,24+,27+,28+;19-,20+,22+,23+,42?;15-,16+,17+,18+/m000/s1/i1T;;1T. The molecule has 0 radical (unpaired) electrons. The quantitative estimate of drug-likeness (QED) is 0.00948. The molecule has 6 aromatic rings. The number of nitrogens with two attached hydrogens (primary N) is 1. The molecule has 7 N–H and O–H groups in total. The molecule has 49 heteroatoms. The minimum absolute atomic E-state index is 0.0283. The number of halogens is 3. The van der Waals surface area contributed by atoms with Crippen LogP contribution >= 0.6 is 15.6 Å². The molecule has 1 unspecified atom stereocenters. The van der Waals surface area contributed by atoms with E-state index in [4.69, 9.17) is 97.2 Å². The van der Waals surface area contributed by atoms with Gasteiger partial charge in [-0.25, -0.2) is 99.6 Å². The number of hydrogen-bond acceptors (Lipinski definition) is 41. The molecule has 6 aromatic heterocycles. The third kappa shape index (κ3) is 19.6. The second-order valence-corrected chi connectivity index (χ2v) is 34.2. The average Bonchev–Trinajstić information content (AvgIpc) is 1.54. The first-order valence-electron chi connectivity index (χ1n) is 39.9. The number of esters is 1. The molecule has 5 saturated heterocycles. The maximum absolute atomic E-state index is 15.5. The molecule has 2 aliphatic carbocycles. The molecular weight excluding hydrogens is 1650 g/mol. The highest BCUT2D eigenvalue weighted by atomic mass is 31.2. The van der Waals surface area contributed by atoms with Gasteiger partial charge in [0.05, 0.1) is 57.1 Å². The van der Waals surface area contributed by atoms with Crippen molar-refractivity contribution >= 4 is 91.0 Å². The molecule has 2 spiro atoms. The Morgan fingerprint density at radius 2 is 0.917 bits per heavy atom. The van der Waals surface area contributed by atoms with Gasteiger partial charge in [-0.1, -0.05) is 13.8 Å². The summed E-state index contributed by atoms with van der Waals surface area (Å²) >= 11 is 0. The second kappa shape index (κ2) is 38.0. The van der Waals surface area contributed by atoms with Gasteiger partial charge in [0, 0.05) is 47.9 Å². The summed E-state index contributed by atoms with van der Waals surface area (Å²) < 4.78 is 200. The second-order valence-electron chi connectivity index (χ2n) is 30.9. The fraction of sp³-hybridized carbons (Fsp3) is 0.732. The minimum atomic E-state index is -4.81. The van der Waals surface area contributed by atoms with Gasteiger partial charge in [0.15, 0.2) is 92.5 Å². The number of imidazole rings is 3. The van der Waals surface area contributed by atoms with Crippen molar-refractivity contribution in [2.24, 2.45) is 5.92 Å². The molecule has 668 valence electrons. The van der Waals surface area contributed by atoms with Gasteiger partial charge in [-0.05, 0) is 108 Å². The largest absolute Gasteiger partial charge is 0.510 e. The van der Waals surface area contributed by atoms with Gasteiger partial charge in [0.1, 0.15) is 79.6 Å². The predicted molar refractivity (Wildman–Crippen MR) is 405 cm³/mol. The van der Waals surface area contributed by atoms with Crippen LogP contribution in [0.2, 0.25) is 0 Å². The number of carbonyl (C=O) groups is 4. The van der Waals surface area contributed by atoms with E-state index in [9.17, 15) is 52.4 Å². The summed E-state index contributed by atoms with van der Waals surface area (Å²) in [6.07, 6.45) is 1.97. The zero-order valence-corrected chi connectivity index (χ0v) is 69.7. The number of aliphatic hydroxyl groups excluding tert-OH is 2. The SMILES string of the molecule is CC(C)CC(=O)OCOP(=O)(OCOC(=O)OC(C)C)OC[C@@]1(CF)O[C@@H](n2cnc3c(N)ncnc32)[C@](C)(O)[C@@H]1O.[3H]CCNc1ncnc2c1ncn2[C@@H]1O[C@@](CO)(CF)[C@H]2OC3(CCCC3)O[C@]21C.[3H]CCNc1ncnc2c1ncn2[C@@H]1O[C@](CF)(COP(=O)(OCOC(=O)OC(C)C)OCOC(=O)OC(C)C)[C@H]2OC3(CCCC3)O[C@]21C. The highest BCUT2D eigenvalue weighted by Crippen LogP contribution is 2.63. The Morgan fingerprint density at radius 1 is 0.542 bits per heavy atom. The van der Waals surface area contributed by atoms with Crippen LogP contribution in [0.15, 0.2) is 38.0 Å². The Hall–Kier alpha value is -8.06. The molecule has 120 heavy (non-hydrogen) atoms. The molecule has 0 aromatic carbocycles. The van der Waals surface area contributed by atoms with E-state index in [-0.39, 0.29) is 43.1 Å². The molecule has 11 heterocycles. The van der Waals surface area contributed by atoms with Gasteiger partial charge in [0.2, 0.25) is 27.2 Å². The van der Waals surface area contributed by atoms with Crippen molar-refractivity contribution in [3.05, 3.63) is 38.0 Å². The van der Waals surface area contributed by atoms with Crippen LogP contribution in [0.25, 0.3) is 33.5 Å². The Morgan fingerprint density at radius 3 is 1.32 bits per heavy atom. The fourth-order valence-corrected chi connectivity index (χ4v) is 16.9. The first-order chi connectivity index (χ1) is 57.9. The average molecular weight is 1750 g/mol. The minimum Gasteiger partial charge on any atom is -0.438 e. The number of anilines is 3. The van der Waals surface area contributed by atoms with Gasteiger partial charge >= 0.3 is 40.1 Å². The van der Waals surface area contributed by atoms with Crippen molar-refractivity contribution in [2.75, 3.05) is 96.5 Å². The normalized spacial score (nSPS) is 28.4. The summed E-state index contributed by atoms with van der Waals surface area (Å²) in [6, 6.07) is 0. The first-order valence-corrected chi connectivity index (χ1v) is 41.4. The maximum atomic E-state index is 15.5. The number of fused-ring (bicyclic) bond motifs is 5. The zero-order valence-electron chi connectivity index (χ0n) is 69.9. The van der Waals surface area contributed by atoms with E-state index < -0.39 is 208 Å². The number of aromatic nitrogens is 12. The molecule has 5 aliphatic heterocycles. The number of nitrogens with one attached hydrogen (secondary N) is 2. The maximum Gasteiger partial charge on any atom is 0.510 e. The molecule has 13 rings (SSSR count). The predicted octanol–water partition coefficient (Wildman–Crippen LogP) is 9.05. The molecule has 7 aliphatic rings. The summed E-state index contributed by atoms with van der Waals surface area (Å²) in [7, 11) is -9.62. The zero-order chi connectivity index (χ0) is 88.4. The number of hydrogen-bond donors (Lipinski definition) is 6. The fourth-order valence-electron chi connectivity index (χ4n) is 15.0. The van der Waals surface area contributed by atoms with Crippen molar-refractivity contribution in [2.45, 2.75) is 248 Å². The number of alkyl halides is 3. The monoisotopic (exact) mass is 1750 g/mol. The summed E-state index contributed by atoms with van der Waals surface area (Å²) in [5, 5.41) is 38.4. The lowest BCUT2D eigenvalue weighted by atomic mass is 9.88. The number of phosphoric acid groups is 2. The van der Waals surface area contributed by atoms with Gasteiger partial charge in [-0.2, -0.15) is 0 Å². The van der Waals surface area contributed by atoms with Crippen LogP contribution in [0.5, 0.6) is 0 Å². The lowest BCUT2D eigenvalue weighted by molar-refractivity contribution is -0.252. The smallest absolute Gasteiger partial charge is 0.438 e. The Labute approximate surface area is 688 Å². The summed E-state index contributed by atoms with van der Waals surface area (Å²) in [4.78, 5) is 85.4. The lowest BCUT2D eigenvalue weighted by Crippen LogP contribution is -2.53. The van der Waals surface area contributed by atoms with Crippen LogP contribution in [-0.2, 0) is 107 Å². The Kier molecular flexibility index (Phi) is 28.4. The summed E-state index contributed by atoms with van der Waals surface area (Å²) in [6.45, 7) is 9.03. The number of phosphoric ester groups is 2. The molecule has 0 bridgehead atoms. The first kappa shape index (κ1) is 89.7. The van der Waals surface area contributed by atoms with E-state index in [2.05, 4.69) is 60.2 Å². The van der Waals surface area contributed by atoms with Gasteiger partial charge in [-0.15, -0.1) is 0 Å². The van der Waals surface area contributed by atoms with E-state index in [1.807, 2.05) is 6.92 Å². The number of aliphatic hydroxyl groups is 3. The number of ether oxygens (including phenoxy) is 14. The molecule has 7 fully saturated rings. The highest BCUT2D eigenvalue weighted by molar-refractivity contribution is 7.48. The van der Waals surface area contributed by atoms with Crippen LogP contribution in [0.4, 0.5) is 45.0 Å². The third-order valence-electron chi connectivity index (χ3n) is 20.3. The van der Waals surface area contributed by atoms with E-state index in [1.165, 1.54) is 36.8 Å². The number of rotatable bonds is 34. The molecule has 0 amide bonds. The van der Waals surface area contributed by atoms with Crippen LogP contribution < -0.4 is 16.4 Å². The van der Waals surface area contributed by atoms with Crippen LogP contribution in [0, 0.1) is 5.92 Å². The van der Waals surface area contributed by atoms with E-state index >= 15 is 4.39 Å². The van der Waals surface area contributed by atoms with Gasteiger partial charge in [-0.3, -0.25) is 27.5 Å². The van der Waals surface area contributed by atoms with Crippen molar-refractivity contribution in [1.29, 1.82) is 0 Å². The van der Waals surface area contributed by atoms with Crippen molar-refractivity contribution < 1.29 is 153 Å². The Bertz CT molecular complexity index is 4610. The Balaban J connectivity index is 0.000000184. The molecule has 44 nitrogen and oxygen atoms in total. The van der Waals surface area contributed by atoms with Gasteiger partial charge < -0.3 is 98.0 Å². The summed E-state index contributed by atoms with van der Waals surface area (Å²) in [5.74, 6) is -1.60. The lowest BCUT2D eigenvalue weighted by Gasteiger charge is -2.34. The van der Waals surface area contributed by atoms with Crippen LogP contribution in [0.1, 0.15) is 169 Å². The van der Waals surface area contributed by atoms with Crippen molar-refractivity contribution in [1.82, 2.24) is 58.6 Å². The molecule has 13 atom stereocenters. The van der Waals surface area contributed by atoms with Crippen molar-refractivity contribution in [3.63, 3.8) is 0 Å². The number of carbonyl (C=O) groups excluding carboxylic acids is 4. The number of nitrogen functional groups attached to an aromatic ring is 1. The highest BCUT2D eigenvalue weighted by Gasteiger charge is 2.74. The summed E-state index contributed by atoms with van der Waals surface area (Å²) in [5.41, 5.74) is -2.59. The van der Waals surface area contributed by atoms with E-state index in [0.717, 1.165) is 44.9 Å². The topological polar surface area (TPSA) is 529 Å².